The zero-order valence-electron chi connectivity index (χ0n) is 8.86. The normalized spacial score (nSPS) is 12.4. The van der Waals surface area contributed by atoms with Crippen LogP contribution in [0.4, 0.5) is 5.69 Å². The maximum absolute atomic E-state index is 9.44. The summed E-state index contributed by atoms with van der Waals surface area (Å²) in [5.74, 6) is 0. The van der Waals surface area contributed by atoms with Crippen LogP contribution in [0.3, 0.4) is 0 Å². The molecule has 17 heavy (non-hydrogen) atoms. The quantitative estimate of drug-likeness (QED) is 0.874. The summed E-state index contributed by atoms with van der Waals surface area (Å²) in [5.41, 5.74) is 0.939. The van der Waals surface area contributed by atoms with Gasteiger partial charge in [0.2, 0.25) is 0 Å². The van der Waals surface area contributed by atoms with Gasteiger partial charge in [0.05, 0.1) is 12.6 Å². The van der Waals surface area contributed by atoms with Crippen LogP contribution in [0.1, 0.15) is 10.9 Å². The van der Waals surface area contributed by atoms with E-state index in [0.29, 0.717) is 5.02 Å². The second-order valence-electron chi connectivity index (χ2n) is 3.52. The molecule has 0 saturated heterocycles. The number of hydrogen-bond acceptors (Lipinski definition) is 3. The molecule has 0 amide bonds. The first-order chi connectivity index (χ1) is 8.20. The molecule has 2 rings (SSSR count). The average molecular weight is 333 g/mol. The molecule has 0 radical (unpaired) electrons. The smallest absolute Gasteiger partial charge is 0.0849 e. The Morgan fingerprint density at radius 1 is 1.29 bits per heavy atom. The van der Waals surface area contributed by atoms with Crippen molar-refractivity contribution in [1.82, 2.24) is 0 Å². The van der Waals surface area contributed by atoms with Crippen molar-refractivity contribution < 1.29 is 5.11 Å². The van der Waals surface area contributed by atoms with Crippen molar-refractivity contribution >= 4 is 44.6 Å². The standard InChI is InChI=1S/C12H11BrClNOS/c13-10-5-6-17-12(10)11(7-16)15-9-3-1-8(14)2-4-9/h1-6,11,15-16H,7H2. The highest BCUT2D eigenvalue weighted by Gasteiger charge is 2.14. The Kier molecular flexibility index (Phi) is 4.45. The molecule has 0 aliphatic rings. The number of anilines is 1. The molecule has 1 aromatic carbocycles. The number of thiophene rings is 1. The van der Waals surface area contributed by atoms with E-state index in [2.05, 4.69) is 21.2 Å². The number of nitrogens with one attached hydrogen (secondary N) is 1. The van der Waals surface area contributed by atoms with Gasteiger partial charge in [0.1, 0.15) is 0 Å². The maximum Gasteiger partial charge on any atom is 0.0849 e. The number of hydrogen-bond donors (Lipinski definition) is 2. The fourth-order valence-electron chi connectivity index (χ4n) is 1.50. The van der Waals surface area contributed by atoms with Crippen molar-refractivity contribution in [3.8, 4) is 0 Å². The highest BCUT2D eigenvalue weighted by atomic mass is 79.9. The van der Waals surface area contributed by atoms with E-state index in [1.54, 1.807) is 11.3 Å². The van der Waals surface area contributed by atoms with Gasteiger partial charge in [-0.2, -0.15) is 0 Å². The number of halogens is 2. The molecule has 0 spiro atoms. The van der Waals surface area contributed by atoms with Crippen LogP contribution in [0.5, 0.6) is 0 Å². The van der Waals surface area contributed by atoms with Crippen LogP contribution < -0.4 is 5.32 Å². The third-order valence-electron chi connectivity index (χ3n) is 2.33. The van der Waals surface area contributed by atoms with Gasteiger partial charge in [-0.1, -0.05) is 11.6 Å². The van der Waals surface area contributed by atoms with E-state index in [-0.39, 0.29) is 12.6 Å². The van der Waals surface area contributed by atoms with Crippen LogP contribution >= 0.6 is 38.9 Å². The Morgan fingerprint density at radius 3 is 2.53 bits per heavy atom. The summed E-state index contributed by atoms with van der Waals surface area (Å²) < 4.78 is 1.02. The SMILES string of the molecule is OCC(Nc1ccc(Cl)cc1)c1sccc1Br. The van der Waals surface area contributed by atoms with Crippen LogP contribution in [0.2, 0.25) is 5.02 Å². The van der Waals surface area contributed by atoms with Crippen LogP contribution in [-0.2, 0) is 0 Å². The zero-order chi connectivity index (χ0) is 12.3. The molecule has 90 valence electrons. The van der Waals surface area contributed by atoms with Gasteiger partial charge in [0, 0.05) is 20.1 Å². The van der Waals surface area contributed by atoms with Crippen molar-refractivity contribution in [3.63, 3.8) is 0 Å². The molecule has 0 aliphatic carbocycles. The minimum Gasteiger partial charge on any atom is -0.394 e. The lowest BCUT2D eigenvalue weighted by atomic mass is 10.2. The third-order valence-corrected chi connectivity index (χ3v) is 4.57. The second-order valence-corrected chi connectivity index (χ2v) is 5.76. The predicted octanol–water partition coefficient (Wildman–Crippen LogP) is 4.31. The van der Waals surface area contributed by atoms with Gasteiger partial charge in [-0.15, -0.1) is 11.3 Å². The van der Waals surface area contributed by atoms with Crippen molar-refractivity contribution in [2.75, 3.05) is 11.9 Å². The van der Waals surface area contributed by atoms with Gasteiger partial charge in [0.25, 0.3) is 0 Å². The third kappa shape index (κ3) is 3.22. The Balaban J connectivity index is 2.16. The average Bonchev–Trinajstić information content (AvgIpc) is 2.75. The molecule has 0 saturated carbocycles. The lowest BCUT2D eigenvalue weighted by Crippen LogP contribution is -2.13. The topological polar surface area (TPSA) is 32.3 Å². The summed E-state index contributed by atoms with van der Waals surface area (Å²) in [7, 11) is 0. The summed E-state index contributed by atoms with van der Waals surface area (Å²) in [6.07, 6.45) is 0. The van der Waals surface area contributed by atoms with Crippen LogP contribution in [0.15, 0.2) is 40.2 Å². The predicted molar refractivity (Wildman–Crippen MR) is 76.9 cm³/mol. The zero-order valence-corrected chi connectivity index (χ0v) is 12.0. The summed E-state index contributed by atoms with van der Waals surface area (Å²) in [5, 5.41) is 15.4. The van der Waals surface area contributed by atoms with Gasteiger partial charge >= 0.3 is 0 Å². The molecule has 5 heteroatoms. The highest BCUT2D eigenvalue weighted by molar-refractivity contribution is 9.10. The summed E-state index contributed by atoms with van der Waals surface area (Å²) >= 11 is 10.9. The van der Waals surface area contributed by atoms with Crippen LogP contribution in [0.25, 0.3) is 0 Å². The molecule has 0 aliphatic heterocycles. The fourth-order valence-corrected chi connectivity index (χ4v) is 3.31. The first-order valence-electron chi connectivity index (χ1n) is 5.06. The lowest BCUT2D eigenvalue weighted by molar-refractivity contribution is 0.277. The van der Waals surface area contributed by atoms with Crippen molar-refractivity contribution in [2.24, 2.45) is 0 Å². The van der Waals surface area contributed by atoms with E-state index in [1.807, 2.05) is 35.7 Å². The fraction of sp³-hybridized carbons (Fsp3) is 0.167. The van der Waals surface area contributed by atoms with E-state index in [9.17, 15) is 5.11 Å². The van der Waals surface area contributed by atoms with Crippen LogP contribution in [0, 0.1) is 0 Å². The lowest BCUT2D eigenvalue weighted by Gasteiger charge is -2.17. The summed E-state index contributed by atoms with van der Waals surface area (Å²) in [6, 6.07) is 9.31. The minimum atomic E-state index is -0.106. The van der Waals surface area contributed by atoms with Gasteiger partial charge in [-0.3, -0.25) is 0 Å². The van der Waals surface area contributed by atoms with Crippen molar-refractivity contribution in [2.45, 2.75) is 6.04 Å². The molecular formula is C12H11BrClNOS. The van der Waals surface area contributed by atoms with E-state index in [4.69, 9.17) is 11.6 Å². The molecule has 2 nitrogen and oxygen atoms in total. The van der Waals surface area contributed by atoms with Gasteiger partial charge in [-0.25, -0.2) is 0 Å². The number of benzene rings is 1. The van der Waals surface area contributed by atoms with Gasteiger partial charge < -0.3 is 10.4 Å². The molecule has 2 N–H and O–H groups in total. The summed E-state index contributed by atoms with van der Waals surface area (Å²) in [4.78, 5) is 1.09. The van der Waals surface area contributed by atoms with E-state index in [0.717, 1.165) is 15.0 Å². The Morgan fingerprint density at radius 2 is 2.00 bits per heavy atom. The van der Waals surface area contributed by atoms with Gasteiger partial charge in [-0.05, 0) is 51.6 Å². The first kappa shape index (κ1) is 12.9. The molecule has 1 atom stereocenters. The number of rotatable bonds is 4. The summed E-state index contributed by atoms with van der Waals surface area (Å²) in [6.45, 7) is 0.0434. The molecule has 2 aromatic rings. The second kappa shape index (κ2) is 5.87. The molecule has 1 aromatic heterocycles. The molecule has 0 bridgehead atoms. The monoisotopic (exact) mass is 331 g/mol. The molecule has 0 fully saturated rings. The highest BCUT2D eigenvalue weighted by Crippen LogP contribution is 2.31. The molecule has 1 unspecified atom stereocenters. The minimum absolute atomic E-state index is 0.0434. The van der Waals surface area contributed by atoms with E-state index >= 15 is 0 Å². The number of aliphatic hydroxyl groups is 1. The van der Waals surface area contributed by atoms with E-state index in [1.165, 1.54) is 0 Å². The molecule has 1 heterocycles. The van der Waals surface area contributed by atoms with E-state index < -0.39 is 0 Å². The Hall–Kier alpha value is -0.550. The first-order valence-corrected chi connectivity index (χ1v) is 7.11. The Labute approximate surface area is 117 Å². The largest absolute Gasteiger partial charge is 0.394 e. The Bertz CT molecular complexity index is 486. The van der Waals surface area contributed by atoms with Crippen LogP contribution in [-0.4, -0.2) is 11.7 Å². The van der Waals surface area contributed by atoms with Crippen molar-refractivity contribution in [3.05, 3.63) is 50.1 Å². The number of aliphatic hydroxyl groups excluding tert-OH is 1. The van der Waals surface area contributed by atoms with Crippen molar-refractivity contribution in [1.29, 1.82) is 0 Å². The molecular weight excluding hydrogens is 322 g/mol. The maximum atomic E-state index is 9.44. The van der Waals surface area contributed by atoms with Gasteiger partial charge in [0.15, 0.2) is 0 Å².